The third-order valence-corrected chi connectivity index (χ3v) is 4.63. The third-order valence-electron chi connectivity index (χ3n) is 4.63. The quantitative estimate of drug-likeness (QED) is 0.916. The second-order valence-electron chi connectivity index (χ2n) is 5.81. The fourth-order valence-corrected chi connectivity index (χ4v) is 3.69. The molecule has 2 bridgehead atoms. The Balaban J connectivity index is 1.73. The van der Waals surface area contributed by atoms with Crippen LogP contribution in [0.2, 0.25) is 0 Å². The van der Waals surface area contributed by atoms with E-state index in [1.807, 2.05) is 29.2 Å². The maximum atomic E-state index is 12.5. The van der Waals surface area contributed by atoms with Crippen LogP contribution in [0.4, 0.5) is 0 Å². The molecule has 3 rings (SSSR count). The van der Waals surface area contributed by atoms with E-state index in [1.54, 1.807) is 7.11 Å². The Morgan fingerprint density at radius 1 is 1.38 bits per heavy atom. The molecule has 1 N–H and O–H groups in total. The van der Waals surface area contributed by atoms with Crippen molar-refractivity contribution in [3.8, 4) is 5.75 Å². The summed E-state index contributed by atoms with van der Waals surface area (Å²) in [6.07, 6.45) is 2.64. The number of amides is 1. The van der Waals surface area contributed by atoms with Gasteiger partial charge in [0.05, 0.1) is 19.4 Å². The summed E-state index contributed by atoms with van der Waals surface area (Å²) < 4.78 is 5.16. The fourth-order valence-electron chi connectivity index (χ4n) is 3.69. The maximum absolute atomic E-state index is 12.5. The number of carboxylic acids is 1. The number of ether oxygens (including phenoxy) is 1. The van der Waals surface area contributed by atoms with Gasteiger partial charge < -0.3 is 14.7 Å². The molecule has 2 saturated heterocycles. The van der Waals surface area contributed by atoms with Gasteiger partial charge in [0.1, 0.15) is 5.75 Å². The van der Waals surface area contributed by atoms with Crippen molar-refractivity contribution in [2.75, 3.05) is 7.11 Å². The van der Waals surface area contributed by atoms with Gasteiger partial charge in [0, 0.05) is 12.1 Å². The summed E-state index contributed by atoms with van der Waals surface area (Å²) in [6, 6.07) is 7.44. The van der Waals surface area contributed by atoms with Crippen molar-refractivity contribution in [2.24, 2.45) is 5.92 Å². The van der Waals surface area contributed by atoms with Gasteiger partial charge in [-0.05, 0) is 37.0 Å². The summed E-state index contributed by atoms with van der Waals surface area (Å²) in [6.45, 7) is 0. The molecule has 2 heterocycles. The molecule has 1 amide bonds. The number of nitrogens with zero attached hydrogens (tertiary/aromatic N) is 1. The standard InChI is InChI=1S/C16H19NO4/c1-21-12-4-2-3-10(7-12)8-15(18)17-11-5-6-14(17)13(9-11)16(19)20/h2-4,7,11,13-14H,5-6,8-9H2,1H3,(H,19,20). The highest BCUT2D eigenvalue weighted by molar-refractivity contribution is 5.82. The molecule has 0 aliphatic carbocycles. The van der Waals surface area contributed by atoms with Crippen molar-refractivity contribution in [2.45, 2.75) is 37.8 Å². The second-order valence-corrected chi connectivity index (χ2v) is 5.81. The molecule has 1 aromatic rings. The number of carbonyl (C=O) groups excluding carboxylic acids is 1. The number of hydrogen-bond donors (Lipinski definition) is 1. The maximum Gasteiger partial charge on any atom is 0.308 e. The van der Waals surface area contributed by atoms with Crippen molar-refractivity contribution in [1.82, 2.24) is 4.90 Å². The molecule has 21 heavy (non-hydrogen) atoms. The predicted octanol–water partition coefficient (Wildman–Crippen LogP) is 1.70. The molecule has 2 aliphatic heterocycles. The molecule has 0 aromatic heterocycles. The first kappa shape index (κ1) is 13.9. The highest BCUT2D eigenvalue weighted by Crippen LogP contribution is 2.42. The number of methoxy groups -OCH3 is 1. The SMILES string of the molecule is COc1cccc(CC(=O)N2C3CCC2C(C(=O)O)C3)c1. The number of hydrogen-bond acceptors (Lipinski definition) is 3. The third kappa shape index (κ3) is 2.48. The van der Waals surface area contributed by atoms with E-state index in [4.69, 9.17) is 4.74 Å². The molecule has 0 radical (unpaired) electrons. The Morgan fingerprint density at radius 2 is 2.19 bits per heavy atom. The van der Waals surface area contributed by atoms with E-state index in [0.29, 0.717) is 12.8 Å². The van der Waals surface area contributed by atoms with Gasteiger partial charge in [-0.2, -0.15) is 0 Å². The van der Waals surface area contributed by atoms with Crippen LogP contribution in [0, 0.1) is 5.92 Å². The highest BCUT2D eigenvalue weighted by Gasteiger charge is 2.50. The molecular formula is C16H19NO4. The van der Waals surface area contributed by atoms with Crippen LogP contribution in [0.15, 0.2) is 24.3 Å². The topological polar surface area (TPSA) is 66.8 Å². The number of carboxylic acid groups (broad SMARTS) is 1. The van der Waals surface area contributed by atoms with Gasteiger partial charge in [-0.25, -0.2) is 0 Å². The number of carbonyl (C=O) groups is 2. The molecule has 0 spiro atoms. The molecule has 0 saturated carbocycles. The monoisotopic (exact) mass is 289 g/mol. The van der Waals surface area contributed by atoms with E-state index in [1.165, 1.54) is 0 Å². The molecule has 112 valence electrons. The average Bonchev–Trinajstić information content (AvgIpc) is 3.05. The lowest BCUT2D eigenvalue weighted by Gasteiger charge is -2.23. The smallest absolute Gasteiger partial charge is 0.308 e. The van der Waals surface area contributed by atoms with E-state index in [0.717, 1.165) is 24.2 Å². The van der Waals surface area contributed by atoms with Crippen LogP contribution >= 0.6 is 0 Å². The largest absolute Gasteiger partial charge is 0.497 e. The minimum absolute atomic E-state index is 0.0273. The van der Waals surface area contributed by atoms with Gasteiger partial charge in [-0.3, -0.25) is 9.59 Å². The molecule has 1 aromatic carbocycles. The summed E-state index contributed by atoms with van der Waals surface area (Å²) in [5.74, 6) is -0.410. The Kier molecular flexibility index (Phi) is 3.57. The van der Waals surface area contributed by atoms with Crippen LogP contribution in [0.1, 0.15) is 24.8 Å². The number of rotatable bonds is 4. The average molecular weight is 289 g/mol. The van der Waals surface area contributed by atoms with Crippen molar-refractivity contribution < 1.29 is 19.4 Å². The van der Waals surface area contributed by atoms with Crippen molar-refractivity contribution >= 4 is 11.9 Å². The Labute approximate surface area is 123 Å². The summed E-state index contributed by atoms with van der Waals surface area (Å²) >= 11 is 0. The lowest BCUT2D eigenvalue weighted by Crippen LogP contribution is -2.38. The molecule has 5 nitrogen and oxygen atoms in total. The van der Waals surface area contributed by atoms with Gasteiger partial charge in [0.15, 0.2) is 0 Å². The van der Waals surface area contributed by atoms with E-state index in [2.05, 4.69) is 0 Å². The summed E-state index contributed by atoms with van der Waals surface area (Å²) in [5, 5.41) is 9.24. The highest BCUT2D eigenvalue weighted by atomic mass is 16.5. The van der Waals surface area contributed by atoms with Crippen molar-refractivity contribution in [3.05, 3.63) is 29.8 Å². The van der Waals surface area contributed by atoms with Gasteiger partial charge in [0.25, 0.3) is 0 Å². The first-order valence-electron chi connectivity index (χ1n) is 7.27. The second kappa shape index (κ2) is 5.39. The molecule has 5 heteroatoms. The minimum Gasteiger partial charge on any atom is -0.497 e. The number of fused-ring (bicyclic) bond motifs is 2. The van der Waals surface area contributed by atoms with E-state index in [9.17, 15) is 14.7 Å². The van der Waals surface area contributed by atoms with E-state index < -0.39 is 11.9 Å². The van der Waals surface area contributed by atoms with E-state index >= 15 is 0 Å². The lowest BCUT2D eigenvalue weighted by molar-refractivity contribution is -0.143. The zero-order valence-electron chi connectivity index (χ0n) is 12.0. The minimum atomic E-state index is -0.776. The molecule has 2 fully saturated rings. The summed E-state index contributed by atoms with van der Waals surface area (Å²) in [4.78, 5) is 25.6. The predicted molar refractivity (Wildman–Crippen MR) is 76.1 cm³/mol. The Hall–Kier alpha value is -2.04. The van der Waals surface area contributed by atoms with Gasteiger partial charge >= 0.3 is 5.97 Å². The van der Waals surface area contributed by atoms with E-state index in [-0.39, 0.29) is 18.0 Å². The number of benzene rings is 1. The van der Waals surface area contributed by atoms with Crippen LogP contribution in [0.5, 0.6) is 5.75 Å². The summed E-state index contributed by atoms with van der Waals surface area (Å²) in [5.41, 5.74) is 0.900. The normalized spacial score (nSPS) is 26.9. The fraction of sp³-hybridized carbons (Fsp3) is 0.500. The van der Waals surface area contributed by atoms with Gasteiger partial charge in [-0.1, -0.05) is 12.1 Å². The molecule has 3 atom stereocenters. The Morgan fingerprint density at radius 3 is 2.86 bits per heavy atom. The van der Waals surface area contributed by atoms with Crippen LogP contribution in [-0.4, -0.2) is 41.1 Å². The van der Waals surface area contributed by atoms with Crippen LogP contribution < -0.4 is 4.74 Å². The number of aliphatic carboxylic acids is 1. The first-order chi connectivity index (χ1) is 10.1. The Bertz CT molecular complexity index is 571. The van der Waals surface area contributed by atoms with Crippen LogP contribution in [-0.2, 0) is 16.0 Å². The molecule has 2 aliphatic rings. The van der Waals surface area contributed by atoms with Gasteiger partial charge in [-0.15, -0.1) is 0 Å². The molecular weight excluding hydrogens is 270 g/mol. The molecule has 3 unspecified atom stereocenters. The lowest BCUT2D eigenvalue weighted by atomic mass is 9.89. The van der Waals surface area contributed by atoms with Crippen molar-refractivity contribution in [1.29, 1.82) is 0 Å². The van der Waals surface area contributed by atoms with Crippen LogP contribution in [0.3, 0.4) is 0 Å². The zero-order valence-corrected chi connectivity index (χ0v) is 12.0. The van der Waals surface area contributed by atoms with Crippen molar-refractivity contribution in [3.63, 3.8) is 0 Å². The first-order valence-corrected chi connectivity index (χ1v) is 7.27. The van der Waals surface area contributed by atoms with Gasteiger partial charge in [0.2, 0.25) is 5.91 Å². The van der Waals surface area contributed by atoms with Crippen LogP contribution in [0.25, 0.3) is 0 Å². The summed E-state index contributed by atoms with van der Waals surface area (Å²) in [7, 11) is 1.60. The zero-order chi connectivity index (χ0) is 15.0.